The minimum Gasteiger partial charge on any atom is -0.353 e. The van der Waals surface area contributed by atoms with Gasteiger partial charge in [-0.05, 0) is 18.2 Å². The first-order valence-corrected chi connectivity index (χ1v) is 13.2. The number of benzene rings is 1. The van der Waals surface area contributed by atoms with Crippen LogP contribution in [0.1, 0.15) is 12.0 Å². The fourth-order valence-corrected chi connectivity index (χ4v) is 6.58. The SMILES string of the molecule is CN1c2nc(-c3cccc(CN4CCSCC4(O)O)c3F)ccc2N(CC2CC2(F)F)S1(=O)=O. The van der Waals surface area contributed by atoms with Gasteiger partial charge in [-0.15, -0.1) is 0 Å². The molecule has 0 bridgehead atoms. The lowest BCUT2D eigenvalue weighted by Crippen LogP contribution is -2.54. The van der Waals surface area contributed by atoms with E-state index in [0.29, 0.717) is 12.3 Å². The lowest BCUT2D eigenvalue weighted by Gasteiger charge is -2.38. The third-order valence-corrected chi connectivity index (χ3v) is 9.24. The number of hydrogen-bond acceptors (Lipinski definition) is 7. The number of hydrogen-bond donors (Lipinski definition) is 2. The molecule has 2 aromatic rings. The number of halogens is 3. The van der Waals surface area contributed by atoms with E-state index in [1.165, 1.54) is 48.0 Å². The van der Waals surface area contributed by atoms with E-state index in [1.54, 1.807) is 6.07 Å². The number of nitrogens with zero attached hydrogens (tertiary/aromatic N) is 4. The molecule has 2 N–H and O–H groups in total. The normalized spacial score (nSPS) is 24.8. The highest BCUT2D eigenvalue weighted by atomic mass is 32.2. The van der Waals surface area contributed by atoms with Gasteiger partial charge < -0.3 is 10.2 Å². The number of pyridine rings is 1. The number of fused-ring (bicyclic) bond motifs is 1. The molecule has 1 atom stereocenters. The summed E-state index contributed by atoms with van der Waals surface area (Å²) in [7, 11) is -2.79. The van der Waals surface area contributed by atoms with Crippen LogP contribution in [0.5, 0.6) is 0 Å². The van der Waals surface area contributed by atoms with E-state index in [-0.39, 0.29) is 53.6 Å². The Morgan fingerprint density at radius 3 is 2.65 bits per heavy atom. The van der Waals surface area contributed by atoms with Crippen LogP contribution in [0.3, 0.4) is 0 Å². The van der Waals surface area contributed by atoms with Crippen LogP contribution in [0, 0.1) is 11.7 Å². The van der Waals surface area contributed by atoms with Crippen molar-refractivity contribution in [2.75, 3.05) is 40.3 Å². The van der Waals surface area contributed by atoms with Gasteiger partial charge in [-0.1, -0.05) is 12.1 Å². The average molecular weight is 517 g/mol. The maximum atomic E-state index is 15.4. The Bertz CT molecular complexity index is 1240. The maximum Gasteiger partial charge on any atom is 0.327 e. The predicted octanol–water partition coefficient (Wildman–Crippen LogP) is 2.23. The first-order valence-electron chi connectivity index (χ1n) is 10.6. The molecule has 34 heavy (non-hydrogen) atoms. The molecule has 8 nitrogen and oxygen atoms in total. The van der Waals surface area contributed by atoms with Crippen molar-refractivity contribution in [3.8, 4) is 11.3 Å². The van der Waals surface area contributed by atoms with Gasteiger partial charge in [0.1, 0.15) is 5.82 Å². The molecule has 3 aliphatic rings. The van der Waals surface area contributed by atoms with Gasteiger partial charge in [0.2, 0.25) is 5.91 Å². The summed E-state index contributed by atoms with van der Waals surface area (Å²) in [5, 5.41) is 20.4. The molecule has 1 unspecified atom stereocenters. The fourth-order valence-electron chi connectivity index (χ4n) is 4.22. The van der Waals surface area contributed by atoms with Crippen molar-refractivity contribution in [1.82, 2.24) is 9.88 Å². The lowest BCUT2D eigenvalue weighted by atomic mass is 10.1. The predicted molar refractivity (Wildman–Crippen MR) is 122 cm³/mol. The Morgan fingerprint density at radius 2 is 1.97 bits per heavy atom. The zero-order valence-corrected chi connectivity index (χ0v) is 19.8. The van der Waals surface area contributed by atoms with Crippen LogP contribution in [0.2, 0.25) is 0 Å². The highest BCUT2D eigenvalue weighted by Crippen LogP contribution is 2.51. The molecule has 1 aromatic heterocycles. The summed E-state index contributed by atoms with van der Waals surface area (Å²) in [5.41, 5.74) is 0.692. The molecule has 13 heteroatoms. The first-order chi connectivity index (χ1) is 15.9. The van der Waals surface area contributed by atoms with Crippen molar-refractivity contribution in [1.29, 1.82) is 0 Å². The quantitative estimate of drug-likeness (QED) is 0.589. The van der Waals surface area contributed by atoms with Crippen LogP contribution in [0.25, 0.3) is 11.3 Å². The number of rotatable bonds is 5. The van der Waals surface area contributed by atoms with Crippen molar-refractivity contribution in [2.24, 2.45) is 5.92 Å². The number of aromatic nitrogens is 1. The second-order valence-electron chi connectivity index (χ2n) is 8.73. The van der Waals surface area contributed by atoms with E-state index in [9.17, 15) is 27.4 Å². The second-order valence-corrected chi connectivity index (χ2v) is 11.7. The minimum atomic E-state index is -4.07. The standard InChI is InChI=1S/C21H23F3N4O4S2/c1-26-19-17(28(34(26,31)32)11-14-9-20(14,23)24)6-5-16(25-19)15-4-2-3-13(18(15)22)10-27-7-8-33-12-21(27,29)30/h2-6,14,29-30H,7-12H2,1H3. The molecule has 0 amide bonds. The summed E-state index contributed by atoms with van der Waals surface area (Å²) >= 11 is 1.39. The fraction of sp³-hybridized carbons (Fsp3) is 0.476. The zero-order chi connectivity index (χ0) is 24.5. The molecule has 1 aromatic carbocycles. The van der Waals surface area contributed by atoms with Gasteiger partial charge in [0.25, 0.3) is 5.92 Å². The Kier molecular flexibility index (Phi) is 5.56. The summed E-state index contributed by atoms with van der Waals surface area (Å²) in [4.78, 5) is 5.74. The Hall–Kier alpha value is -2.06. The van der Waals surface area contributed by atoms with Crippen molar-refractivity contribution in [2.45, 2.75) is 24.8 Å². The summed E-state index contributed by atoms with van der Waals surface area (Å²) < 4.78 is 69.8. The molecule has 3 heterocycles. The third kappa shape index (κ3) is 3.92. The lowest BCUT2D eigenvalue weighted by molar-refractivity contribution is -0.250. The van der Waals surface area contributed by atoms with E-state index in [2.05, 4.69) is 4.98 Å². The molecular formula is C21H23F3N4O4S2. The van der Waals surface area contributed by atoms with Gasteiger partial charge in [-0.25, -0.2) is 31.7 Å². The number of thioether (sulfide) groups is 1. The molecule has 2 aliphatic heterocycles. The van der Waals surface area contributed by atoms with Crippen molar-refractivity contribution in [3.63, 3.8) is 0 Å². The van der Waals surface area contributed by atoms with Crippen LogP contribution in [-0.2, 0) is 16.8 Å². The zero-order valence-electron chi connectivity index (χ0n) is 18.2. The monoisotopic (exact) mass is 516 g/mol. The Balaban J connectivity index is 1.46. The molecule has 1 aliphatic carbocycles. The maximum absolute atomic E-state index is 15.4. The molecule has 2 fully saturated rings. The summed E-state index contributed by atoms with van der Waals surface area (Å²) in [6, 6.07) is 7.54. The molecule has 5 rings (SSSR count). The number of aliphatic hydroxyl groups is 2. The highest BCUT2D eigenvalue weighted by Gasteiger charge is 2.59. The Morgan fingerprint density at radius 1 is 1.24 bits per heavy atom. The van der Waals surface area contributed by atoms with Crippen LogP contribution in [0.15, 0.2) is 30.3 Å². The van der Waals surface area contributed by atoms with Crippen LogP contribution in [0.4, 0.5) is 24.7 Å². The van der Waals surface area contributed by atoms with Gasteiger partial charge in [0, 0.05) is 55.9 Å². The second kappa shape index (κ2) is 7.98. The third-order valence-electron chi connectivity index (χ3n) is 6.41. The molecule has 1 saturated carbocycles. The van der Waals surface area contributed by atoms with Crippen LogP contribution in [-0.4, -0.2) is 72.0 Å². The largest absolute Gasteiger partial charge is 0.353 e. The summed E-state index contributed by atoms with van der Waals surface area (Å²) in [5.74, 6) is -5.77. The first kappa shape index (κ1) is 23.7. The summed E-state index contributed by atoms with van der Waals surface area (Å²) in [6.07, 6.45) is -0.361. The molecule has 0 radical (unpaired) electrons. The Labute approximate surface area is 199 Å². The van der Waals surface area contributed by atoms with Gasteiger partial charge in [0.05, 0.1) is 17.1 Å². The average Bonchev–Trinajstić information content (AvgIpc) is 3.34. The highest BCUT2D eigenvalue weighted by molar-refractivity contribution is 7.99. The van der Waals surface area contributed by atoms with Crippen molar-refractivity contribution < 1.29 is 31.8 Å². The van der Waals surface area contributed by atoms with Gasteiger partial charge in [-0.2, -0.15) is 20.2 Å². The number of alkyl halides is 2. The van der Waals surface area contributed by atoms with Crippen molar-refractivity contribution >= 4 is 33.5 Å². The van der Waals surface area contributed by atoms with Gasteiger partial charge in [-0.3, -0.25) is 0 Å². The molecule has 184 valence electrons. The van der Waals surface area contributed by atoms with Crippen LogP contribution < -0.4 is 8.61 Å². The van der Waals surface area contributed by atoms with Crippen LogP contribution >= 0.6 is 11.8 Å². The van der Waals surface area contributed by atoms with E-state index in [0.717, 1.165) is 8.61 Å². The van der Waals surface area contributed by atoms with Gasteiger partial charge in [0.15, 0.2) is 5.82 Å². The molecule has 1 saturated heterocycles. The van der Waals surface area contributed by atoms with E-state index < -0.39 is 33.8 Å². The van der Waals surface area contributed by atoms with E-state index in [1.807, 2.05) is 0 Å². The van der Waals surface area contributed by atoms with Crippen molar-refractivity contribution in [3.05, 3.63) is 41.7 Å². The summed E-state index contributed by atoms with van der Waals surface area (Å²) in [6.45, 7) is -0.0114. The molecular weight excluding hydrogens is 493 g/mol. The van der Waals surface area contributed by atoms with Gasteiger partial charge >= 0.3 is 10.2 Å². The minimum absolute atomic E-state index is 0.0315. The topological polar surface area (TPSA) is 97.2 Å². The van der Waals surface area contributed by atoms with E-state index >= 15 is 4.39 Å². The smallest absolute Gasteiger partial charge is 0.327 e. The number of anilines is 2. The van der Waals surface area contributed by atoms with E-state index in [4.69, 9.17) is 0 Å². The molecule has 0 spiro atoms.